The zero-order chi connectivity index (χ0) is 14.0. The number of hydrogen-bond acceptors (Lipinski definition) is 3. The molecule has 2 fully saturated rings. The largest absolute Gasteiger partial charge is 0.381 e. The van der Waals surface area contributed by atoms with E-state index in [4.69, 9.17) is 9.84 Å². The van der Waals surface area contributed by atoms with Gasteiger partial charge in [0.2, 0.25) is 5.70 Å². The lowest BCUT2D eigenvalue weighted by molar-refractivity contribution is -0.916. The van der Waals surface area contributed by atoms with Crippen molar-refractivity contribution in [3.05, 3.63) is 11.8 Å². The molecular formula is C15H24N3O2+. The molecule has 1 unspecified atom stereocenters. The van der Waals surface area contributed by atoms with Crippen LogP contribution in [0.1, 0.15) is 32.6 Å². The van der Waals surface area contributed by atoms with Gasteiger partial charge in [-0.3, -0.25) is 4.79 Å². The van der Waals surface area contributed by atoms with Crippen LogP contribution in [-0.2, 0) is 9.53 Å². The van der Waals surface area contributed by atoms with Gasteiger partial charge in [0.05, 0.1) is 19.4 Å². The Balaban J connectivity index is 1.83. The SMILES string of the molecule is CC[N+]1(C2CCOCC2)N=CC=C1C(=O)N1CCCC1. The number of likely N-dealkylation sites (N-methyl/N-ethyl adjacent to an activating group) is 1. The third kappa shape index (κ3) is 2.19. The molecule has 0 radical (unpaired) electrons. The van der Waals surface area contributed by atoms with E-state index < -0.39 is 0 Å². The number of carbonyl (C=O) groups excluding carboxylic acids is 1. The van der Waals surface area contributed by atoms with Crippen molar-refractivity contribution < 1.29 is 14.1 Å². The van der Waals surface area contributed by atoms with Gasteiger partial charge in [0.1, 0.15) is 12.6 Å². The Labute approximate surface area is 120 Å². The second-order valence-electron chi connectivity index (χ2n) is 5.80. The van der Waals surface area contributed by atoms with Crippen LogP contribution in [0.3, 0.4) is 0 Å². The fraction of sp³-hybridized carbons (Fsp3) is 0.733. The molecule has 1 atom stereocenters. The van der Waals surface area contributed by atoms with Crippen molar-refractivity contribution in [2.24, 2.45) is 5.10 Å². The van der Waals surface area contributed by atoms with E-state index in [0.717, 1.165) is 64.2 Å². The molecule has 0 aromatic heterocycles. The van der Waals surface area contributed by atoms with E-state index >= 15 is 0 Å². The van der Waals surface area contributed by atoms with E-state index in [1.54, 1.807) is 0 Å². The minimum atomic E-state index is 0.188. The number of allylic oxidation sites excluding steroid dienone is 1. The molecule has 3 heterocycles. The Morgan fingerprint density at radius 1 is 1.40 bits per heavy atom. The van der Waals surface area contributed by atoms with Crippen LogP contribution in [0.15, 0.2) is 16.9 Å². The molecule has 110 valence electrons. The predicted molar refractivity (Wildman–Crippen MR) is 77.0 cm³/mol. The lowest BCUT2D eigenvalue weighted by Gasteiger charge is -2.39. The van der Waals surface area contributed by atoms with Crippen molar-refractivity contribution in [2.75, 3.05) is 32.8 Å². The minimum absolute atomic E-state index is 0.188. The van der Waals surface area contributed by atoms with Gasteiger partial charge < -0.3 is 9.64 Å². The number of likely N-dealkylation sites (tertiary alicyclic amines) is 1. The average molecular weight is 278 g/mol. The van der Waals surface area contributed by atoms with Crippen LogP contribution in [0.4, 0.5) is 0 Å². The van der Waals surface area contributed by atoms with Crippen LogP contribution >= 0.6 is 0 Å². The van der Waals surface area contributed by atoms with Gasteiger partial charge in [-0.1, -0.05) is 5.10 Å². The monoisotopic (exact) mass is 278 g/mol. The number of hydrogen-bond donors (Lipinski definition) is 0. The fourth-order valence-corrected chi connectivity index (χ4v) is 3.65. The van der Waals surface area contributed by atoms with Crippen molar-refractivity contribution in [3.8, 4) is 0 Å². The van der Waals surface area contributed by atoms with Crippen molar-refractivity contribution >= 4 is 12.1 Å². The summed E-state index contributed by atoms with van der Waals surface area (Å²) in [5.74, 6) is 0.188. The molecular weight excluding hydrogens is 254 g/mol. The summed E-state index contributed by atoms with van der Waals surface area (Å²) in [5.41, 5.74) is 0.862. The standard InChI is InChI=1S/C15H24N3O2/c1-2-18(13-6-11-20-12-7-13)14(5-8-16-18)15(19)17-9-3-4-10-17/h5,8,13H,2-4,6-7,9-12H2,1H3/q+1. The number of amides is 1. The molecule has 3 aliphatic heterocycles. The first-order valence-corrected chi connectivity index (χ1v) is 7.79. The summed E-state index contributed by atoms with van der Waals surface area (Å²) in [6, 6.07) is 0.380. The van der Waals surface area contributed by atoms with E-state index in [1.165, 1.54) is 0 Å². The Morgan fingerprint density at radius 3 is 2.75 bits per heavy atom. The number of nitrogens with zero attached hydrogens (tertiary/aromatic N) is 3. The van der Waals surface area contributed by atoms with Gasteiger partial charge in [-0.2, -0.15) is 4.59 Å². The second kappa shape index (κ2) is 5.66. The molecule has 0 aromatic rings. The quantitative estimate of drug-likeness (QED) is 0.734. The highest BCUT2D eigenvalue weighted by Crippen LogP contribution is 2.33. The summed E-state index contributed by atoms with van der Waals surface area (Å²) in [6.07, 6.45) is 7.97. The highest BCUT2D eigenvalue weighted by Gasteiger charge is 2.47. The maximum atomic E-state index is 12.8. The van der Waals surface area contributed by atoms with E-state index in [-0.39, 0.29) is 5.91 Å². The normalized spacial score (nSPS) is 30.9. The molecule has 0 spiro atoms. The van der Waals surface area contributed by atoms with Gasteiger partial charge in [0.15, 0.2) is 0 Å². The Kier molecular flexibility index (Phi) is 3.89. The highest BCUT2D eigenvalue weighted by molar-refractivity contribution is 5.96. The van der Waals surface area contributed by atoms with Gasteiger partial charge in [-0.15, -0.1) is 0 Å². The average Bonchev–Trinajstić information content (AvgIpc) is 3.17. The molecule has 0 saturated carbocycles. The van der Waals surface area contributed by atoms with Crippen LogP contribution in [0.25, 0.3) is 0 Å². The second-order valence-corrected chi connectivity index (χ2v) is 5.80. The Morgan fingerprint density at radius 2 is 2.10 bits per heavy atom. The van der Waals surface area contributed by atoms with Gasteiger partial charge in [0, 0.05) is 32.0 Å². The maximum Gasteiger partial charge on any atom is 0.310 e. The molecule has 5 heteroatoms. The number of ether oxygens (including phenoxy) is 1. The number of rotatable bonds is 3. The number of carbonyl (C=O) groups is 1. The molecule has 3 aliphatic rings. The fourth-order valence-electron chi connectivity index (χ4n) is 3.65. The van der Waals surface area contributed by atoms with Crippen LogP contribution in [-0.4, -0.2) is 60.5 Å². The minimum Gasteiger partial charge on any atom is -0.381 e. The van der Waals surface area contributed by atoms with Crippen molar-refractivity contribution in [2.45, 2.75) is 38.6 Å². The predicted octanol–water partition coefficient (Wildman–Crippen LogP) is 1.51. The van der Waals surface area contributed by atoms with Crippen LogP contribution < -0.4 is 0 Å². The van der Waals surface area contributed by atoms with Crippen molar-refractivity contribution in [3.63, 3.8) is 0 Å². The summed E-state index contributed by atoms with van der Waals surface area (Å²) >= 11 is 0. The van der Waals surface area contributed by atoms with Crippen LogP contribution in [0.2, 0.25) is 0 Å². The molecule has 3 rings (SSSR count). The molecule has 5 nitrogen and oxygen atoms in total. The first kappa shape index (κ1) is 13.8. The first-order chi connectivity index (χ1) is 9.78. The van der Waals surface area contributed by atoms with Crippen LogP contribution in [0, 0.1) is 0 Å². The molecule has 0 aliphatic carbocycles. The smallest absolute Gasteiger partial charge is 0.310 e. The number of quaternary nitrogens is 1. The molecule has 1 amide bonds. The molecule has 20 heavy (non-hydrogen) atoms. The van der Waals surface area contributed by atoms with Gasteiger partial charge in [0.25, 0.3) is 0 Å². The lowest BCUT2D eigenvalue weighted by atomic mass is 10.0. The zero-order valence-corrected chi connectivity index (χ0v) is 12.3. The topological polar surface area (TPSA) is 41.9 Å². The summed E-state index contributed by atoms with van der Waals surface area (Å²) < 4.78 is 5.95. The maximum absolute atomic E-state index is 12.8. The molecule has 0 bridgehead atoms. The summed E-state index contributed by atoms with van der Waals surface area (Å²) in [5, 5.41) is 4.70. The summed E-state index contributed by atoms with van der Waals surface area (Å²) in [6.45, 7) is 6.33. The van der Waals surface area contributed by atoms with Crippen molar-refractivity contribution in [1.82, 2.24) is 4.90 Å². The molecule has 2 saturated heterocycles. The van der Waals surface area contributed by atoms with E-state index in [0.29, 0.717) is 10.6 Å². The van der Waals surface area contributed by atoms with Gasteiger partial charge in [-0.05, 0) is 19.8 Å². The van der Waals surface area contributed by atoms with Gasteiger partial charge >= 0.3 is 5.91 Å². The zero-order valence-electron chi connectivity index (χ0n) is 12.3. The Bertz CT molecular complexity index is 434. The van der Waals surface area contributed by atoms with Crippen molar-refractivity contribution in [1.29, 1.82) is 0 Å². The van der Waals surface area contributed by atoms with Gasteiger partial charge in [-0.25, -0.2) is 0 Å². The van der Waals surface area contributed by atoms with E-state index in [1.807, 2.05) is 17.2 Å². The third-order valence-corrected chi connectivity index (χ3v) is 4.81. The molecule has 0 N–H and O–H groups in total. The van der Waals surface area contributed by atoms with Crippen LogP contribution in [0.5, 0.6) is 0 Å². The third-order valence-electron chi connectivity index (χ3n) is 4.81. The lowest BCUT2D eigenvalue weighted by Crippen LogP contribution is -2.54. The van der Waals surface area contributed by atoms with E-state index in [9.17, 15) is 4.79 Å². The van der Waals surface area contributed by atoms with E-state index in [2.05, 4.69) is 6.92 Å². The summed E-state index contributed by atoms with van der Waals surface area (Å²) in [7, 11) is 0. The molecule has 0 aromatic carbocycles. The Hall–Kier alpha value is -1.20. The summed E-state index contributed by atoms with van der Waals surface area (Å²) in [4.78, 5) is 14.8. The highest BCUT2D eigenvalue weighted by atomic mass is 16.5. The first-order valence-electron chi connectivity index (χ1n) is 7.79.